The molecule has 1 atom stereocenters. The van der Waals surface area contributed by atoms with Crippen LogP contribution < -0.4 is 10.5 Å². The maximum absolute atomic E-state index is 10.8. The van der Waals surface area contributed by atoms with Gasteiger partial charge in [-0.25, -0.2) is 0 Å². The quantitative estimate of drug-likeness (QED) is 0.600. The number of nitrogens with two attached hydrogens (primary N) is 1. The number of hydrogen-bond donors (Lipinski definition) is 2. The van der Waals surface area contributed by atoms with Crippen molar-refractivity contribution in [2.75, 3.05) is 6.61 Å². The van der Waals surface area contributed by atoms with E-state index in [9.17, 15) is 14.9 Å². The largest absolute Gasteiger partial charge is 0.491 e. The van der Waals surface area contributed by atoms with Gasteiger partial charge >= 0.3 is 5.97 Å². The van der Waals surface area contributed by atoms with Crippen molar-refractivity contribution < 1.29 is 19.6 Å². The fourth-order valence-electron chi connectivity index (χ4n) is 1.22. The minimum Gasteiger partial charge on any atom is -0.491 e. The highest BCUT2D eigenvalue weighted by Crippen LogP contribution is 2.23. The number of carboxylic acid groups (broad SMARTS) is 1. The number of benzene rings is 1. The van der Waals surface area contributed by atoms with Gasteiger partial charge in [-0.05, 0) is 26.0 Å². The first-order valence-electron chi connectivity index (χ1n) is 5.14. The Labute approximate surface area is 103 Å². The number of carbonyl (C=O) groups is 1. The maximum atomic E-state index is 10.8. The lowest BCUT2D eigenvalue weighted by molar-refractivity contribution is -0.385. The van der Waals surface area contributed by atoms with Gasteiger partial charge in [0.25, 0.3) is 5.69 Å². The third kappa shape index (κ3) is 3.17. The molecule has 0 heterocycles. The number of nitrogens with zero attached hydrogens (tertiary/aromatic N) is 1. The predicted molar refractivity (Wildman–Crippen MR) is 63.6 cm³/mol. The lowest BCUT2D eigenvalue weighted by Gasteiger charge is -2.19. The topological polar surface area (TPSA) is 116 Å². The Morgan fingerprint density at radius 2 is 2.22 bits per heavy atom. The fourth-order valence-corrected chi connectivity index (χ4v) is 1.22. The summed E-state index contributed by atoms with van der Waals surface area (Å²) in [5, 5.41) is 19.4. The van der Waals surface area contributed by atoms with Gasteiger partial charge < -0.3 is 15.6 Å². The third-order valence-corrected chi connectivity index (χ3v) is 2.39. The van der Waals surface area contributed by atoms with Crippen LogP contribution in [0.3, 0.4) is 0 Å². The zero-order valence-electron chi connectivity index (χ0n) is 10.0. The summed E-state index contributed by atoms with van der Waals surface area (Å²) in [6.07, 6.45) is 0. The summed E-state index contributed by atoms with van der Waals surface area (Å²) in [5.41, 5.74) is 4.41. The number of aryl methyl sites for hydroxylation is 1. The van der Waals surface area contributed by atoms with Crippen LogP contribution >= 0.6 is 0 Å². The molecule has 0 spiro atoms. The van der Waals surface area contributed by atoms with E-state index in [1.54, 1.807) is 6.92 Å². The standard InChI is InChI=1S/C11H14N2O5/c1-7-5-8(3-4-9(7)13(16)17)18-6-11(2,12)10(14)15/h3-5H,6,12H2,1-2H3,(H,14,15). The average Bonchev–Trinajstić information content (AvgIpc) is 2.25. The summed E-state index contributed by atoms with van der Waals surface area (Å²) in [6.45, 7) is 2.68. The van der Waals surface area contributed by atoms with E-state index in [0.29, 0.717) is 11.3 Å². The van der Waals surface area contributed by atoms with Crippen molar-refractivity contribution in [3.8, 4) is 5.75 Å². The van der Waals surface area contributed by atoms with Gasteiger partial charge in [0, 0.05) is 11.6 Å². The predicted octanol–water partition coefficient (Wildman–Crippen LogP) is 1.08. The molecule has 7 nitrogen and oxygen atoms in total. The molecule has 0 aromatic heterocycles. The summed E-state index contributed by atoms with van der Waals surface area (Å²) in [5.74, 6) is -0.836. The smallest absolute Gasteiger partial charge is 0.326 e. The first-order valence-corrected chi connectivity index (χ1v) is 5.14. The van der Waals surface area contributed by atoms with Gasteiger partial charge in [-0.15, -0.1) is 0 Å². The van der Waals surface area contributed by atoms with Crippen LogP contribution in [0.4, 0.5) is 5.69 Å². The maximum Gasteiger partial charge on any atom is 0.326 e. The van der Waals surface area contributed by atoms with E-state index in [0.717, 1.165) is 0 Å². The second-order valence-corrected chi connectivity index (χ2v) is 4.22. The Hall–Kier alpha value is -2.15. The Morgan fingerprint density at radius 1 is 1.61 bits per heavy atom. The van der Waals surface area contributed by atoms with Crippen LogP contribution in [-0.4, -0.2) is 28.1 Å². The van der Waals surface area contributed by atoms with Crippen molar-refractivity contribution in [1.82, 2.24) is 0 Å². The molecular formula is C11H14N2O5. The summed E-state index contributed by atoms with van der Waals surface area (Å²) in [6, 6.07) is 4.18. The molecule has 0 aliphatic rings. The Morgan fingerprint density at radius 3 is 2.67 bits per heavy atom. The Bertz CT molecular complexity index is 484. The van der Waals surface area contributed by atoms with Crippen molar-refractivity contribution in [3.05, 3.63) is 33.9 Å². The molecule has 0 saturated heterocycles. The highest BCUT2D eigenvalue weighted by Gasteiger charge is 2.29. The number of nitro benzene ring substituents is 1. The van der Waals surface area contributed by atoms with Gasteiger partial charge in [0.2, 0.25) is 0 Å². The van der Waals surface area contributed by atoms with Gasteiger partial charge in [0.1, 0.15) is 17.9 Å². The number of carboxylic acids is 1. The lowest BCUT2D eigenvalue weighted by atomic mass is 10.1. The second kappa shape index (κ2) is 5.01. The van der Waals surface area contributed by atoms with Crippen LogP contribution in [0.2, 0.25) is 0 Å². The second-order valence-electron chi connectivity index (χ2n) is 4.22. The molecule has 0 amide bonds. The monoisotopic (exact) mass is 254 g/mol. The molecule has 1 aromatic rings. The van der Waals surface area contributed by atoms with Gasteiger partial charge in [-0.2, -0.15) is 0 Å². The Kier molecular flexibility index (Phi) is 3.87. The van der Waals surface area contributed by atoms with Crippen LogP contribution in [0.5, 0.6) is 5.75 Å². The zero-order chi connectivity index (χ0) is 13.9. The normalized spacial score (nSPS) is 13.7. The van der Waals surface area contributed by atoms with Crippen molar-refractivity contribution in [3.63, 3.8) is 0 Å². The Balaban J connectivity index is 2.79. The highest BCUT2D eigenvalue weighted by molar-refractivity contribution is 5.78. The van der Waals surface area contributed by atoms with Crippen LogP contribution in [-0.2, 0) is 4.79 Å². The summed E-state index contributed by atoms with van der Waals surface area (Å²) in [7, 11) is 0. The van der Waals surface area contributed by atoms with Crippen molar-refractivity contribution >= 4 is 11.7 Å². The molecule has 1 unspecified atom stereocenters. The molecule has 0 radical (unpaired) electrons. The molecule has 0 bridgehead atoms. The van der Waals surface area contributed by atoms with Crippen molar-refractivity contribution in [1.29, 1.82) is 0 Å². The van der Waals surface area contributed by atoms with Crippen LogP contribution in [0.25, 0.3) is 0 Å². The van der Waals surface area contributed by atoms with E-state index in [1.807, 2.05) is 0 Å². The third-order valence-electron chi connectivity index (χ3n) is 2.39. The average molecular weight is 254 g/mol. The molecule has 7 heteroatoms. The van der Waals surface area contributed by atoms with E-state index >= 15 is 0 Å². The number of ether oxygens (including phenoxy) is 1. The van der Waals surface area contributed by atoms with E-state index in [1.165, 1.54) is 25.1 Å². The molecule has 0 aliphatic carbocycles. The van der Waals surface area contributed by atoms with Crippen LogP contribution in [0.1, 0.15) is 12.5 Å². The number of nitro groups is 1. The molecule has 1 rings (SSSR count). The molecule has 1 aromatic carbocycles. The summed E-state index contributed by atoms with van der Waals surface area (Å²) in [4.78, 5) is 20.9. The van der Waals surface area contributed by atoms with E-state index in [-0.39, 0.29) is 12.3 Å². The molecule has 98 valence electrons. The van der Waals surface area contributed by atoms with E-state index < -0.39 is 16.4 Å². The lowest BCUT2D eigenvalue weighted by Crippen LogP contribution is -2.49. The van der Waals surface area contributed by atoms with Gasteiger partial charge in [-0.1, -0.05) is 0 Å². The molecule has 0 aliphatic heterocycles. The zero-order valence-corrected chi connectivity index (χ0v) is 10.0. The van der Waals surface area contributed by atoms with Crippen molar-refractivity contribution in [2.24, 2.45) is 5.73 Å². The summed E-state index contributed by atoms with van der Waals surface area (Å²) >= 11 is 0. The molecule has 0 fully saturated rings. The van der Waals surface area contributed by atoms with Gasteiger partial charge in [0.15, 0.2) is 0 Å². The van der Waals surface area contributed by atoms with E-state index in [2.05, 4.69) is 0 Å². The fraction of sp³-hybridized carbons (Fsp3) is 0.364. The highest BCUT2D eigenvalue weighted by atomic mass is 16.6. The number of aliphatic carboxylic acids is 1. The minimum absolute atomic E-state index is 0.0175. The number of rotatable bonds is 5. The SMILES string of the molecule is Cc1cc(OCC(C)(N)C(=O)O)ccc1[N+](=O)[O-]. The van der Waals surface area contributed by atoms with Crippen LogP contribution in [0, 0.1) is 17.0 Å². The first-order chi connectivity index (χ1) is 8.24. The molecule has 18 heavy (non-hydrogen) atoms. The van der Waals surface area contributed by atoms with Crippen LogP contribution in [0.15, 0.2) is 18.2 Å². The summed E-state index contributed by atoms with van der Waals surface area (Å²) < 4.78 is 5.22. The minimum atomic E-state index is -1.50. The molecule has 0 saturated carbocycles. The molecule has 3 N–H and O–H groups in total. The van der Waals surface area contributed by atoms with Crippen molar-refractivity contribution in [2.45, 2.75) is 19.4 Å². The van der Waals surface area contributed by atoms with Gasteiger partial charge in [-0.3, -0.25) is 14.9 Å². The van der Waals surface area contributed by atoms with Gasteiger partial charge in [0.05, 0.1) is 4.92 Å². The first kappa shape index (κ1) is 13.9. The van der Waals surface area contributed by atoms with E-state index in [4.69, 9.17) is 15.6 Å². The number of hydrogen-bond acceptors (Lipinski definition) is 5. The molecular weight excluding hydrogens is 240 g/mol.